The number of halogens is 4. The first-order valence-electron chi connectivity index (χ1n) is 9.98. The van der Waals surface area contributed by atoms with Gasteiger partial charge in [-0.2, -0.15) is 13.2 Å². The maximum atomic E-state index is 13.3. The highest BCUT2D eigenvalue weighted by atomic mass is 35.5. The minimum Gasteiger partial charge on any atom is -0.347 e. The van der Waals surface area contributed by atoms with Gasteiger partial charge in [-0.25, -0.2) is 12.8 Å². The Hall–Kier alpha value is -2.03. The van der Waals surface area contributed by atoms with Gasteiger partial charge in [-0.15, -0.1) is 0 Å². The molecule has 2 aliphatic rings. The maximum Gasteiger partial charge on any atom is 0.416 e. The van der Waals surface area contributed by atoms with Crippen LogP contribution in [0.5, 0.6) is 0 Å². The summed E-state index contributed by atoms with van der Waals surface area (Å²) in [6, 6.07) is 7.28. The van der Waals surface area contributed by atoms with Crippen LogP contribution < -0.4 is 0 Å². The molecule has 2 aliphatic heterocycles. The summed E-state index contributed by atoms with van der Waals surface area (Å²) in [5, 5.41) is 0.805. The van der Waals surface area contributed by atoms with E-state index in [1.165, 1.54) is 6.07 Å². The van der Waals surface area contributed by atoms with Gasteiger partial charge < -0.3 is 4.57 Å². The van der Waals surface area contributed by atoms with Crippen LogP contribution in [0, 0.1) is 6.92 Å². The van der Waals surface area contributed by atoms with Gasteiger partial charge in [-0.05, 0) is 73.0 Å². The molecular weight excluding hydrogens is 449 g/mol. The van der Waals surface area contributed by atoms with Crippen LogP contribution in [0.25, 0.3) is 10.9 Å². The van der Waals surface area contributed by atoms with E-state index in [1.54, 1.807) is 12.1 Å². The summed E-state index contributed by atoms with van der Waals surface area (Å²) in [4.78, 5) is -0.378. The number of aromatic nitrogens is 1. The second kappa shape index (κ2) is 6.73. The molecule has 0 saturated carbocycles. The number of nitrogens with zero attached hydrogens (tertiary/aromatic N) is 2. The topological polar surface area (TPSA) is 42.3 Å². The van der Waals surface area contributed by atoms with E-state index in [0.29, 0.717) is 6.07 Å². The Balaban J connectivity index is 1.72. The highest BCUT2D eigenvalue weighted by Crippen LogP contribution is 2.49. The standard InChI is InChI=1S/C22H20ClF3N2O2S/c1-12-8-16(31(29,30)15-5-3-4-13(9-15)22(24,25)26)11-17-20-18-7-6-14(28(18)23)10-19(20)27(2)21(12)17/h3-5,8-9,11,14,18H,6-7,10H2,1-2H3. The number of fused-ring (bicyclic) bond motifs is 6. The lowest BCUT2D eigenvalue weighted by Crippen LogP contribution is -2.30. The number of hydrogen-bond donors (Lipinski definition) is 0. The van der Waals surface area contributed by atoms with Crippen LogP contribution in [0.4, 0.5) is 13.2 Å². The number of sulfone groups is 1. The molecule has 2 unspecified atom stereocenters. The predicted molar refractivity (Wildman–Crippen MR) is 112 cm³/mol. The average molecular weight is 469 g/mol. The molecule has 2 atom stereocenters. The van der Waals surface area contributed by atoms with Gasteiger partial charge in [-0.3, -0.25) is 0 Å². The van der Waals surface area contributed by atoms with Gasteiger partial charge in [0.25, 0.3) is 0 Å². The van der Waals surface area contributed by atoms with Gasteiger partial charge in [-0.1, -0.05) is 6.07 Å². The fourth-order valence-corrected chi connectivity index (χ4v) is 6.93. The minimum absolute atomic E-state index is 0.00466. The van der Waals surface area contributed by atoms with Crippen LogP contribution >= 0.6 is 11.8 Å². The maximum absolute atomic E-state index is 13.3. The molecule has 4 nitrogen and oxygen atoms in total. The molecule has 0 radical (unpaired) electrons. The van der Waals surface area contributed by atoms with Crippen molar-refractivity contribution in [2.45, 2.75) is 54.2 Å². The normalized spacial score (nSPS) is 21.6. The van der Waals surface area contributed by atoms with E-state index in [-0.39, 0.29) is 21.9 Å². The van der Waals surface area contributed by atoms with E-state index in [2.05, 4.69) is 4.57 Å². The first kappa shape index (κ1) is 20.8. The van der Waals surface area contributed by atoms with Crippen LogP contribution in [-0.4, -0.2) is 23.4 Å². The van der Waals surface area contributed by atoms with Crippen molar-refractivity contribution in [1.29, 1.82) is 0 Å². The molecule has 3 heterocycles. The molecule has 0 aliphatic carbocycles. The lowest BCUT2D eigenvalue weighted by atomic mass is 9.98. The van der Waals surface area contributed by atoms with Crippen molar-refractivity contribution >= 4 is 32.5 Å². The molecule has 5 rings (SSSR count). The quantitative estimate of drug-likeness (QED) is 0.463. The summed E-state index contributed by atoms with van der Waals surface area (Å²) >= 11 is 6.54. The molecule has 1 aromatic heterocycles. The van der Waals surface area contributed by atoms with Gasteiger partial charge in [0.1, 0.15) is 0 Å². The van der Waals surface area contributed by atoms with Crippen LogP contribution in [0.2, 0.25) is 0 Å². The number of benzene rings is 2. The second-order valence-corrected chi connectivity index (χ2v) is 10.7. The van der Waals surface area contributed by atoms with Crippen molar-refractivity contribution < 1.29 is 21.6 Å². The van der Waals surface area contributed by atoms with Crippen molar-refractivity contribution in [1.82, 2.24) is 8.99 Å². The third-order valence-corrected chi connectivity index (χ3v) is 8.82. The Morgan fingerprint density at radius 2 is 1.84 bits per heavy atom. The molecular formula is C22H20ClF3N2O2S. The minimum atomic E-state index is -4.62. The van der Waals surface area contributed by atoms with Crippen molar-refractivity contribution in [3.63, 3.8) is 0 Å². The van der Waals surface area contributed by atoms with E-state index >= 15 is 0 Å². The first-order valence-corrected chi connectivity index (χ1v) is 11.8. The Bertz CT molecular complexity index is 1330. The molecule has 164 valence electrons. The Labute approximate surface area is 183 Å². The van der Waals surface area contributed by atoms with Crippen LogP contribution in [-0.2, 0) is 29.5 Å². The molecule has 9 heteroatoms. The monoisotopic (exact) mass is 468 g/mol. The number of rotatable bonds is 2. The molecule has 0 N–H and O–H groups in total. The predicted octanol–water partition coefficient (Wildman–Crippen LogP) is 5.55. The third kappa shape index (κ3) is 3.02. The largest absolute Gasteiger partial charge is 0.416 e. The Morgan fingerprint density at radius 3 is 2.55 bits per heavy atom. The zero-order chi connectivity index (χ0) is 22.3. The summed E-state index contributed by atoms with van der Waals surface area (Å²) in [7, 11) is -2.17. The lowest BCUT2D eigenvalue weighted by Gasteiger charge is -2.29. The second-order valence-electron chi connectivity index (χ2n) is 8.38. The van der Waals surface area contributed by atoms with Gasteiger partial charge in [0.2, 0.25) is 9.84 Å². The molecule has 1 saturated heterocycles. The van der Waals surface area contributed by atoms with E-state index < -0.39 is 21.6 Å². The lowest BCUT2D eigenvalue weighted by molar-refractivity contribution is -0.137. The molecule has 0 spiro atoms. The van der Waals surface area contributed by atoms with E-state index in [4.69, 9.17) is 11.8 Å². The summed E-state index contributed by atoms with van der Waals surface area (Å²) in [6.07, 6.45) is -1.96. The third-order valence-electron chi connectivity index (χ3n) is 6.58. The highest BCUT2D eigenvalue weighted by Gasteiger charge is 2.42. The average Bonchev–Trinajstić information content (AvgIpc) is 3.11. The summed E-state index contributed by atoms with van der Waals surface area (Å²) in [5.74, 6) is 0. The number of aryl methyl sites for hydroxylation is 2. The van der Waals surface area contributed by atoms with E-state index in [0.717, 1.165) is 59.1 Å². The Morgan fingerprint density at radius 1 is 1.10 bits per heavy atom. The van der Waals surface area contributed by atoms with E-state index in [9.17, 15) is 21.6 Å². The van der Waals surface area contributed by atoms with Gasteiger partial charge >= 0.3 is 6.18 Å². The van der Waals surface area contributed by atoms with Gasteiger partial charge in [0, 0.05) is 30.6 Å². The van der Waals surface area contributed by atoms with E-state index in [1.807, 2.05) is 18.4 Å². The summed E-state index contributed by atoms with van der Waals surface area (Å²) in [6.45, 7) is 1.83. The fourth-order valence-electron chi connectivity index (χ4n) is 5.15. The van der Waals surface area contributed by atoms with Gasteiger partial charge in [0.15, 0.2) is 0 Å². The van der Waals surface area contributed by atoms with Crippen molar-refractivity contribution in [2.75, 3.05) is 0 Å². The van der Waals surface area contributed by atoms with Crippen molar-refractivity contribution in [2.24, 2.45) is 7.05 Å². The highest BCUT2D eigenvalue weighted by molar-refractivity contribution is 7.91. The SMILES string of the molecule is Cc1cc(S(=O)(=O)c2cccc(C(F)(F)F)c2)cc2c3c(n(C)c12)CC1CCC3N1Cl. The van der Waals surface area contributed by atoms with Crippen LogP contribution in [0.1, 0.15) is 41.3 Å². The number of hydrogen-bond acceptors (Lipinski definition) is 3. The summed E-state index contributed by atoms with van der Waals surface area (Å²) in [5.41, 5.74) is 2.89. The van der Waals surface area contributed by atoms with Gasteiger partial charge in [0.05, 0.1) is 26.9 Å². The first-order chi connectivity index (χ1) is 14.5. The molecule has 1 fully saturated rings. The molecule has 0 amide bonds. The van der Waals surface area contributed by atoms with Crippen molar-refractivity contribution in [3.8, 4) is 0 Å². The van der Waals surface area contributed by atoms with Crippen LogP contribution in [0.15, 0.2) is 46.2 Å². The molecule has 31 heavy (non-hydrogen) atoms. The molecule has 2 bridgehead atoms. The van der Waals surface area contributed by atoms with Crippen molar-refractivity contribution in [3.05, 3.63) is 58.8 Å². The Kier molecular flexibility index (Phi) is 4.53. The molecule has 3 aromatic rings. The smallest absolute Gasteiger partial charge is 0.347 e. The number of alkyl halides is 3. The fraction of sp³-hybridized carbons (Fsp3) is 0.364. The zero-order valence-corrected chi connectivity index (χ0v) is 18.4. The van der Waals surface area contributed by atoms with Crippen LogP contribution in [0.3, 0.4) is 0 Å². The summed E-state index contributed by atoms with van der Waals surface area (Å²) < 4.78 is 69.9. The molecule has 2 aromatic carbocycles. The zero-order valence-electron chi connectivity index (χ0n) is 16.9.